The van der Waals surface area contributed by atoms with Gasteiger partial charge < -0.3 is 4.74 Å². The molecule has 5 nitrogen and oxygen atoms in total. The highest BCUT2D eigenvalue weighted by Gasteiger charge is 2.28. The summed E-state index contributed by atoms with van der Waals surface area (Å²) in [6.45, 7) is 1.02. The van der Waals surface area contributed by atoms with Gasteiger partial charge in [-0.05, 0) is 19.3 Å². The molecule has 1 N–H and O–H groups in total. The van der Waals surface area contributed by atoms with Crippen molar-refractivity contribution >= 4 is 9.84 Å². The van der Waals surface area contributed by atoms with Crippen molar-refractivity contribution in [1.29, 1.82) is 0 Å². The Kier molecular flexibility index (Phi) is 5.68. The molecule has 96 valence electrons. The van der Waals surface area contributed by atoms with Crippen LogP contribution in [0.25, 0.3) is 0 Å². The molecule has 1 aliphatic carbocycles. The van der Waals surface area contributed by atoms with Crippen LogP contribution in [-0.2, 0) is 19.4 Å². The molecule has 1 fully saturated rings. The third-order valence-electron chi connectivity index (χ3n) is 2.87. The zero-order chi connectivity index (χ0) is 12.0. The Morgan fingerprint density at radius 3 is 2.69 bits per heavy atom. The van der Waals surface area contributed by atoms with E-state index in [0.29, 0.717) is 19.6 Å². The predicted molar refractivity (Wildman–Crippen MR) is 61.9 cm³/mol. The van der Waals surface area contributed by atoms with Gasteiger partial charge in [-0.15, -0.1) is 0 Å². The zero-order valence-corrected chi connectivity index (χ0v) is 10.8. The molecular weight excluding hydrogens is 230 g/mol. The summed E-state index contributed by atoms with van der Waals surface area (Å²) in [5.74, 6) is 0. The molecule has 0 aliphatic heterocycles. The van der Waals surface area contributed by atoms with Gasteiger partial charge in [-0.25, -0.2) is 8.42 Å². The van der Waals surface area contributed by atoms with Crippen molar-refractivity contribution in [1.82, 2.24) is 5.48 Å². The molecule has 1 aliphatic rings. The minimum Gasteiger partial charge on any atom is -0.382 e. The van der Waals surface area contributed by atoms with Gasteiger partial charge in [0, 0.05) is 19.4 Å². The summed E-state index contributed by atoms with van der Waals surface area (Å²) < 4.78 is 27.7. The maximum absolute atomic E-state index is 11.4. The van der Waals surface area contributed by atoms with Crippen LogP contribution in [0.15, 0.2) is 0 Å². The fourth-order valence-corrected chi connectivity index (χ4v) is 3.12. The van der Waals surface area contributed by atoms with Gasteiger partial charge in [0.25, 0.3) is 0 Å². The van der Waals surface area contributed by atoms with E-state index in [1.54, 1.807) is 7.11 Å². The SMILES string of the molecule is COCCONC1CCCC(S(C)(=O)=O)C1. The van der Waals surface area contributed by atoms with Crippen LogP contribution in [0.4, 0.5) is 0 Å². The molecule has 0 aromatic carbocycles. The summed E-state index contributed by atoms with van der Waals surface area (Å²) in [5, 5.41) is -0.218. The molecule has 1 rings (SSSR count). The van der Waals surface area contributed by atoms with E-state index in [2.05, 4.69) is 5.48 Å². The number of hydrogen-bond acceptors (Lipinski definition) is 5. The van der Waals surface area contributed by atoms with Crippen LogP contribution in [0, 0.1) is 0 Å². The Labute approximate surface area is 97.4 Å². The topological polar surface area (TPSA) is 64.6 Å². The lowest BCUT2D eigenvalue weighted by Crippen LogP contribution is -2.39. The van der Waals surface area contributed by atoms with Crippen LogP contribution < -0.4 is 5.48 Å². The highest BCUT2D eigenvalue weighted by atomic mass is 32.2. The number of methoxy groups -OCH3 is 1. The van der Waals surface area contributed by atoms with Gasteiger partial charge in [0.15, 0.2) is 0 Å². The monoisotopic (exact) mass is 251 g/mol. The first kappa shape index (κ1) is 13.9. The molecule has 0 radical (unpaired) electrons. The van der Waals surface area contributed by atoms with Gasteiger partial charge >= 0.3 is 0 Å². The van der Waals surface area contributed by atoms with Crippen LogP contribution in [0.5, 0.6) is 0 Å². The highest BCUT2D eigenvalue weighted by molar-refractivity contribution is 7.91. The fraction of sp³-hybridized carbons (Fsp3) is 1.00. The molecule has 16 heavy (non-hydrogen) atoms. The van der Waals surface area contributed by atoms with Crippen LogP contribution >= 0.6 is 0 Å². The second kappa shape index (κ2) is 6.54. The molecule has 0 spiro atoms. The molecule has 0 saturated heterocycles. The summed E-state index contributed by atoms with van der Waals surface area (Å²) in [7, 11) is -1.30. The minimum atomic E-state index is -2.91. The molecule has 0 aromatic rings. The quantitative estimate of drug-likeness (QED) is 0.550. The van der Waals surface area contributed by atoms with Gasteiger partial charge in [0.05, 0.1) is 18.5 Å². The van der Waals surface area contributed by atoms with Crippen LogP contribution in [-0.4, -0.2) is 46.3 Å². The summed E-state index contributed by atoms with van der Waals surface area (Å²) in [5.41, 5.74) is 2.91. The molecule has 2 unspecified atom stereocenters. The fourth-order valence-electron chi connectivity index (χ4n) is 1.94. The largest absolute Gasteiger partial charge is 0.382 e. The molecule has 0 heterocycles. The third kappa shape index (κ3) is 4.78. The summed E-state index contributed by atoms with van der Waals surface area (Å²) >= 11 is 0. The van der Waals surface area contributed by atoms with E-state index in [1.165, 1.54) is 6.26 Å². The third-order valence-corrected chi connectivity index (χ3v) is 4.51. The van der Waals surface area contributed by atoms with Crippen molar-refractivity contribution in [2.45, 2.75) is 37.0 Å². The van der Waals surface area contributed by atoms with E-state index < -0.39 is 9.84 Å². The maximum atomic E-state index is 11.4. The van der Waals surface area contributed by atoms with Crippen molar-refractivity contribution in [2.75, 3.05) is 26.6 Å². The minimum absolute atomic E-state index is 0.144. The van der Waals surface area contributed by atoms with Crippen molar-refractivity contribution in [2.24, 2.45) is 0 Å². The van der Waals surface area contributed by atoms with E-state index >= 15 is 0 Å². The molecule has 0 bridgehead atoms. The average molecular weight is 251 g/mol. The van der Waals surface area contributed by atoms with Crippen molar-refractivity contribution < 1.29 is 18.0 Å². The van der Waals surface area contributed by atoms with Crippen LogP contribution in [0.1, 0.15) is 25.7 Å². The van der Waals surface area contributed by atoms with E-state index in [1.807, 2.05) is 0 Å². The smallest absolute Gasteiger partial charge is 0.150 e. The first-order valence-electron chi connectivity index (χ1n) is 5.59. The Morgan fingerprint density at radius 1 is 1.31 bits per heavy atom. The highest BCUT2D eigenvalue weighted by Crippen LogP contribution is 2.23. The van der Waals surface area contributed by atoms with E-state index in [9.17, 15) is 8.42 Å². The van der Waals surface area contributed by atoms with E-state index in [-0.39, 0.29) is 11.3 Å². The summed E-state index contributed by atoms with van der Waals surface area (Å²) in [4.78, 5) is 5.20. The number of hydrogen-bond donors (Lipinski definition) is 1. The normalized spacial score (nSPS) is 26.9. The first-order chi connectivity index (χ1) is 7.54. The second-order valence-corrected chi connectivity index (χ2v) is 6.60. The number of hydroxylamine groups is 1. The number of ether oxygens (including phenoxy) is 1. The standard InChI is InChI=1S/C10H21NO4S/c1-14-6-7-15-11-9-4-3-5-10(8-9)16(2,12)13/h9-11H,3-8H2,1-2H3. The molecular formula is C10H21NO4S. The molecule has 2 atom stereocenters. The molecule has 1 saturated carbocycles. The van der Waals surface area contributed by atoms with Crippen molar-refractivity contribution in [3.63, 3.8) is 0 Å². The predicted octanol–water partition coefficient (Wildman–Crippen LogP) is 0.510. The van der Waals surface area contributed by atoms with Gasteiger partial charge in [0.2, 0.25) is 0 Å². The number of sulfone groups is 1. The zero-order valence-electron chi connectivity index (χ0n) is 9.94. The van der Waals surface area contributed by atoms with Crippen LogP contribution in [0.3, 0.4) is 0 Å². The van der Waals surface area contributed by atoms with Gasteiger partial charge in [-0.3, -0.25) is 4.84 Å². The summed E-state index contributed by atoms with van der Waals surface area (Å²) in [6.07, 6.45) is 4.63. The number of rotatable bonds is 6. The van der Waals surface area contributed by atoms with E-state index in [4.69, 9.17) is 9.57 Å². The Morgan fingerprint density at radius 2 is 2.06 bits per heavy atom. The Hall–Kier alpha value is -0.170. The van der Waals surface area contributed by atoms with Gasteiger partial charge in [-0.1, -0.05) is 6.42 Å². The lowest BCUT2D eigenvalue weighted by atomic mass is 9.96. The Bertz CT molecular complexity index is 291. The van der Waals surface area contributed by atoms with Gasteiger partial charge in [-0.2, -0.15) is 5.48 Å². The van der Waals surface area contributed by atoms with Crippen molar-refractivity contribution in [3.8, 4) is 0 Å². The second-order valence-electron chi connectivity index (χ2n) is 4.27. The Balaban J connectivity index is 2.28. The first-order valence-corrected chi connectivity index (χ1v) is 7.54. The molecule has 0 aromatic heterocycles. The van der Waals surface area contributed by atoms with Gasteiger partial charge in [0.1, 0.15) is 9.84 Å². The number of nitrogens with one attached hydrogen (secondary N) is 1. The maximum Gasteiger partial charge on any atom is 0.150 e. The average Bonchev–Trinajstić information content (AvgIpc) is 2.24. The van der Waals surface area contributed by atoms with Crippen molar-refractivity contribution in [3.05, 3.63) is 0 Å². The van der Waals surface area contributed by atoms with Crippen LogP contribution in [0.2, 0.25) is 0 Å². The molecule has 6 heteroatoms. The lowest BCUT2D eigenvalue weighted by Gasteiger charge is -2.28. The summed E-state index contributed by atoms with van der Waals surface area (Å²) in [6, 6.07) is 0.144. The lowest BCUT2D eigenvalue weighted by molar-refractivity contribution is -0.0178. The molecule has 0 amide bonds. The van der Waals surface area contributed by atoms with E-state index in [0.717, 1.165) is 19.3 Å².